The predicted octanol–water partition coefficient (Wildman–Crippen LogP) is 5.90. The van der Waals surface area contributed by atoms with E-state index in [2.05, 4.69) is 16.0 Å². The summed E-state index contributed by atoms with van der Waals surface area (Å²) in [7, 11) is 0. The van der Waals surface area contributed by atoms with E-state index in [1.807, 2.05) is 30.3 Å². The minimum Gasteiger partial charge on any atom is -0.508 e. The zero-order chi connectivity index (χ0) is 37.6. The van der Waals surface area contributed by atoms with Crippen molar-refractivity contribution in [2.45, 2.75) is 51.9 Å². The lowest BCUT2D eigenvalue weighted by Gasteiger charge is -2.14. The van der Waals surface area contributed by atoms with Crippen LogP contribution in [0.15, 0.2) is 97.1 Å². The van der Waals surface area contributed by atoms with Gasteiger partial charge in [0.15, 0.2) is 0 Å². The number of carbonyl (C=O) groups excluding carboxylic acids is 2. The Morgan fingerprint density at radius 2 is 1.35 bits per heavy atom. The molecule has 278 valence electrons. The number of carbonyl (C=O) groups is 3. The molecule has 0 aliphatic heterocycles. The number of amides is 2. The van der Waals surface area contributed by atoms with Crippen molar-refractivity contribution in [1.29, 1.82) is 0 Å². The first-order chi connectivity index (χ1) is 25.2. The second kappa shape index (κ2) is 23.4. The largest absolute Gasteiger partial charge is 0.508 e. The van der Waals surface area contributed by atoms with Gasteiger partial charge in [0, 0.05) is 48.1 Å². The number of nitrogens with one attached hydrogen (secondary N) is 3. The number of aliphatic carboxylic acids is 1. The highest BCUT2D eigenvalue weighted by molar-refractivity contribution is 6.07. The van der Waals surface area contributed by atoms with Crippen LogP contribution in [0, 0.1) is 0 Å². The zero-order valence-electron chi connectivity index (χ0n) is 29.4. The number of ether oxygens (including phenoxy) is 2. The summed E-state index contributed by atoms with van der Waals surface area (Å²) in [5.74, 6) is -1.33. The first-order valence-electron chi connectivity index (χ1n) is 17.2. The first-order valence-corrected chi connectivity index (χ1v) is 17.2. The molecule has 0 aliphatic carbocycles. The summed E-state index contributed by atoms with van der Waals surface area (Å²) in [6, 6.07) is 28.0. The molecule has 0 bridgehead atoms. The third kappa shape index (κ3) is 15.8. The van der Waals surface area contributed by atoms with Crippen LogP contribution in [0.3, 0.4) is 0 Å². The maximum absolute atomic E-state index is 12.9. The van der Waals surface area contributed by atoms with Crippen molar-refractivity contribution in [2.75, 3.05) is 43.5 Å². The minimum absolute atomic E-state index is 0.0249. The highest BCUT2D eigenvalue weighted by atomic mass is 16.5. The molecule has 0 saturated carbocycles. The van der Waals surface area contributed by atoms with Gasteiger partial charge in [0.05, 0.1) is 32.5 Å². The number of anilines is 2. The number of hydrogen-bond acceptors (Lipinski definition) is 9. The van der Waals surface area contributed by atoms with E-state index in [0.29, 0.717) is 66.6 Å². The molecule has 4 rings (SSSR count). The van der Waals surface area contributed by atoms with E-state index in [1.54, 1.807) is 60.7 Å². The van der Waals surface area contributed by atoms with Crippen molar-refractivity contribution in [3.8, 4) is 5.75 Å². The lowest BCUT2D eigenvalue weighted by Crippen LogP contribution is -2.22. The van der Waals surface area contributed by atoms with E-state index < -0.39 is 12.1 Å². The third-order valence-electron chi connectivity index (χ3n) is 7.63. The number of phenols is 1. The second-order valence-corrected chi connectivity index (χ2v) is 11.9. The molecular weight excluding hydrogens is 666 g/mol. The van der Waals surface area contributed by atoms with Gasteiger partial charge in [-0.2, -0.15) is 0 Å². The fourth-order valence-electron chi connectivity index (χ4n) is 4.99. The number of aliphatic hydroxyl groups excluding tert-OH is 2. The van der Waals surface area contributed by atoms with Crippen LogP contribution in [0.25, 0.3) is 0 Å². The van der Waals surface area contributed by atoms with Crippen molar-refractivity contribution in [3.63, 3.8) is 0 Å². The van der Waals surface area contributed by atoms with Crippen molar-refractivity contribution in [2.24, 2.45) is 0 Å². The summed E-state index contributed by atoms with van der Waals surface area (Å²) >= 11 is 0. The average molecular weight is 716 g/mol. The Hall–Kier alpha value is -5.11. The normalized spacial score (nSPS) is 11.2. The Morgan fingerprint density at radius 1 is 0.712 bits per heavy atom. The van der Waals surface area contributed by atoms with Gasteiger partial charge in [-0.1, -0.05) is 55.3 Å². The quantitative estimate of drug-likeness (QED) is 0.0544. The van der Waals surface area contributed by atoms with Gasteiger partial charge in [-0.15, -0.1) is 0 Å². The third-order valence-corrected chi connectivity index (χ3v) is 7.63. The van der Waals surface area contributed by atoms with E-state index in [1.165, 1.54) is 6.07 Å². The van der Waals surface area contributed by atoms with Crippen LogP contribution in [0.2, 0.25) is 0 Å². The molecule has 0 unspecified atom stereocenters. The van der Waals surface area contributed by atoms with Crippen molar-refractivity contribution in [1.82, 2.24) is 5.32 Å². The van der Waals surface area contributed by atoms with Crippen molar-refractivity contribution >= 4 is 29.2 Å². The first kappa shape index (κ1) is 41.3. The molecular formula is C40H49N3O9. The summed E-state index contributed by atoms with van der Waals surface area (Å²) < 4.78 is 11.5. The van der Waals surface area contributed by atoms with Crippen LogP contribution in [0.1, 0.15) is 76.1 Å². The van der Waals surface area contributed by atoms with Gasteiger partial charge in [-0.05, 0) is 85.1 Å². The van der Waals surface area contributed by atoms with Gasteiger partial charge >= 0.3 is 0 Å². The van der Waals surface area contributed by atoms with Crippen molar-refractivity contribution < 1.29 is 44.3 Å². The lowest BCUT2D eigenvalue weighted by atomic mass is 10.1. The van der Waals surface area contributed by atoms with Crippen LogP contribution in [-0.2, 0) is 27.5 Å². The van der Waals surface area contributed by atoms with Crippen molar-refractivity contribution in [3.05, 3.63) is 125 Å². The number of aromatic hydroxyl groups is 1. The van der Waals surface area contributed by atoms with Gasteiger partial charge in [0.25, 0.3) is 17.8 Å². The Labute approximate surface area is 304 Å². The van der Waals surface area contributed by atoms with Gasteiger partial charge in [-0.25, -0.2) is 0 Å². The summed E-state index contributed by atoms with van der Waals surface area (Å²) in [4.78, 5) is 34.4. The van der Waals surface area contributed by atoms with Crippen LogP contribution in [0.4, 0.5) is 11.4 Å². The van der Waals surface area contributed by atoms with Crippen LogP contribution < -0.4 is 16.0 Å². The number of hydrogen-bond donors (Lipinski definition) is 7. The lowest BCUT2D eigenvalue weighted by molar-refractivity contribution is -0.134. The molecule has 0 spiro atoms. The maximum atomic E-state index is 12.9. The maximum Gasteiger partial charge on any atom is 0.300 e. The second-order valence-electron chi connectivity index (χ2n) is 11.9. The topological polar surface area (TPSA) is 187 Å². The van der Waals surface area contributed by atoms with E-state index in [9.17, 15) is 24.9 Å². The van der Waals surface area contributed by atoms with Gasteiger partial charge < -0.3 is 45.9 Å². The van der Waals surface area contributed by atoms with Gasteiger partial charge in [0.1, 0.15) is 5.75 Å². The fourth-order valence-corrected chi connectivity index (χ4v) is 4.99. The molecule has 0 fully saturated rings. The molecule has 2 amide bonds. The molecule has 0 radical (unpaired) electrons. The molecule has 12 heteroatoms. The molecule has 0 saturated heterocycles. The number of carboxylic acids is 1. The highest BCUT2D eigenvalue weighted by Crippen LogP contribution is 2.22. The summed E-state index contributed by atoms with van der Waals surface area (Å²) in [6.07, 6.45) is 3.36. The Bertz CT molecular complexity index is 1680. The van der Waals surface area contributed by atoms with E-state index >= 15 is 0 Å². The molecule has 0 aromatic heterocycles. The average Bonchev–Trinajstić information content (AvgIpc) is 3.14. The molecule has 4 aromatic carbocycles. The molecule has 12 nitrogen and oxygen atoms in total. The van der Waals surface area contributed by atoms with Crippen LogP contribution >= 0.6 is 0 Å². The molecule has 0 aliphatic rings. The van der Waals surface area contributed by atoms with E-state index in [4.69, 9.17) is 19.4 Å². The molecule has 4 aromatic rings. The van der Waals surface area contributed by atoms with Gasteiger partial charge in [0.2, 0.25) is 0 Å². The van der Waals surface area contributed by atoms with Gasteiger partial charge in [-0.3, -0.25) is 14.4 Å². The molecule has 1 atom stereocenters. The monoisotopic (exact) mass is 715 g/mol. The number of carboxylic acid groups (broad SMARTS) is 1. The summed E-state index contributed by atoms with van der Waals surface area (Å²) in [6.45, 7) is 4.04. The number of rotatable bonds is 20. The predicted molar refractivity (Wildman–Crippen MR) is 199 cm³/mol. The highest BCUT2D eigenvalue weighted by Gasteiger charge is 2.11. The Kier molecular flexibility index (Phi) is 18.6. The number of benzene rings is 4. The summed E-state index contributed by atoms with van der Waals surface area (Å²) in [5.41, 5.74) is 4.14. The number of unbranched alkanes of at least 4 members (excludes halogenated alkanes) is 3. The molecule has 52 heavy (non-hydrogen) atoms. The van der Waals surface area contributed by atoms with Crippen LogP contribution in [0.5, 0.6) is 5.75 Å². The van der Waals surface area contributed by atoms with E-state index in [-0.39, 0.29) is 24.2 Å². The van der Waals surface area contributed by atoms with E-state index in [0.717, 1.165) is 44.7 Å². The Morgan fingerprint density at radius 3 is 2.08 bits per heavy atom. The smallest absolute Gasteiger partial charge is 0.300 e. The van der Waals surface area contributed by atoms with Crippen LogP contribution in [-0.4, -0.2) is 71.1 Å². The summed E-state index contributed by atoms with van der Waals surface area (Å²) in [5, 5.41) is 45.6. The number of aliphatic hydroxyl groups is 2. The SMILES string of the molecule is CC(=O)O.O=C(Nc1cccc(C(=O)Nc2cccc(COCCOCCCCCCNC[C@H](O)c3ccc(O)c(CO)c3)c2)c1)c1ccccc1. The molecule has 0 heterocycles. The molecule has 7 N–H and O–H groups in total. The Balaban J connectivity index is 0.00000173. The zero-order valence-corrected chi connectivity index (χ0v) is 29.4. The standard InChI is InChI=1S/C38H45N3O7.C2H4O2/c42-26-32-23-30(16-17-35(32)43)36(44)25-39-18-6-1-2-7-19-47-20-21-48-27-28-10-8-14-33(22-28)40-38(46)31-13-9-15-34(24-31)41-37(45)29-11-4-3-5-12-29;1-2(3)4/h3-5,8-17,22-24,36,39,42-44H,1-2,6-7,18-21,25-27H2,(H,40,46)(H,41,45);1H3,(H,3,4)/t36-;/m0./s1. The fraction of sp³-hybridized carbons (Fsp3) is 0.325. The minimum atomic E-state index is -0.833.